The number of nitrogens with zero attached hydrogens (tertiary/aromatic N) is 2. The van der Waals surface area contributed by atoms with Crippen molar-refractivity contribution in [3.63, 3.8) is 0 Å². The van der Waals surface area contributed by atoms with Gasteiger partial charge in [-0.1, -0.05) is 5.16 Å². The first-order chi connectivity index (χ1) is 8.63. The minimum absolute atomic E-state index is 0.000389. The van der Waals surface area contributed by atoms with E-state index in [1.807, 2.05) is 4.90 Å². The van der Waals surface area contributed by atoms with Gasteiger partial charge in [0.25, 0.3) is 0 Å². The maximum absolute atomic E-state index is 8.97. The number of benzene rings is 1. The monoisotopic (exact) mass is 317 g/mol. The van der Waals surface area contributed by atoms with Crippen molar-refractivity contribution in [1.29, 1.82) is 0 Å². The van der Waals surface area contributed by atoms with Gasteiger partial charge in [0.1, 0.15) is 0 Å². The van der Waals surface area contributed by atoms with Gasteiger partial charge in [0.15, 0.2) is 5.84 Å². The standard InChI is InChI=1S/C11H16BrN3O3/c12-10-7-8(15(3-5-16)4-6-17)1-2-9(10)11(13)14-18/h1-2,7,16-18H,3-6H2,(H2,13,14). The van der Waals surface area contributed by atoms with Crippen LogP contribution in [0.15, 0.2) is 27.8 Å². The van der Waals surface area contributed by atoms with Crippen LogP contribution in [-0.4, -0.2) is 47.6 Å². The third-order valence-corrected chi connectivity index (χ3v) is 3.10. The Morgan fingerprint density at radius 1 is 1.28 bits per heavy atom. The minimum Gasteiger partial charge on any atom is -0.409 e. The molecule has 0 radical (unpaired) electrons. The fourth-order valence-electron chi connectivity index (χ4n) is 1.57. The average Bonchev–Trinajstić information content (AvgIpc) is 2.37. The second-order valence-corrected chi connectivity index (χ2v) is 4.44. The number of aliphatic hydroxyl groups is 2. The Kier molecular flexibility index (Phi) is 5.90. The number of rotatable bonds is 6. The largest absolute Gasteiger partial charge is 0.409 e. The summed E-state index contributed by atoms with van der Waals surface area (Å²) < 4.78 is 0.677. The molecule has 0 unspecified atom stereocenters. The second-order valence-electron chi connectivity index (χ2n) is 3.58. The highest BCUT2D eigenvalue weighted by Crippen LogP contribution is 2.24. The maximum Gasteiger partial charge on any atom is 0.171 e. The van der Waals surface area contributed by atoms with Gasteiger partial charge in [-0.3, -0.25) is 0 Å². The Bertz CT molecular complexity index is 420. The van der Waals surface area contributed by atoms with Gasteiger partial charge in [-0.15, -0.1) is 0 Å². The summed E-state index contributed by atoms with van der Waals surface area (Å²) in [5.41, 5.74) is 6.93. The normalized spacial score (nSPS) is 11.6. The molecule has 0 aliphatic heterocycles. The highest BCUT2D eigenvalue weighted by atomic mass is 79.9. The summed E-state index contributed by atoms with van der Waals surface area (Å²) in [7, 11) is 0. The molecule has 1 aromatic carbocycles. The molecule has 0 aliphatic rings. The van der Waals surface area contributed by atoms with Crippen LogP contribution in [0.2, 0.25) is 0 Å². The summed E-state index contributed by atoms with van der Waals surface area (Å²) in [5, 5.41) is 29.5. The predicted octanol–water partition coefficient (Wildman–Crippen LogP) is 0.335. The van der Waals surface area contributed by atoms with E-state index in [2.05, 4.69) is 21.1 Å². The molecule has 0 fully saturated rings. The number of hydrogen-bond donors (Lipinski definition) is 4. The Morgan fingerprint density at radius 2 is 1.89 bits per heavy atom. The Labute approximate surface area is 113 Å². The van der Waals surface area contributed by atoms with Crippen LogP contribution in [0.25, 0.3) is 0 Å². The van der Waals surface area contributed by atoms with E-state index in [4.69, 9.17) is 21.2 Å². The molecule has 1 aromatic rings. The fourth-order valence-corrected chi connectivity index (χ4v) is 2.14. The molecule has 5 N–H and O–H groups in total. The van der Waals surface area contributed by atoms with Crippen molar-refractivity contribution in [1.82, 2.24) is 0 Å². The van der Waals surface area contributed by atoms with Crippen molar-refractivity contribution in [2.24, 2.45) is 10.9 Å². The summed E-state index contributed by atoms with van der Waals surface area (Å²) in [6.07, 6.45) is 0. The number of aliphatic hydroxyl groups excluding tert-OH is 2. The van der Waals surface area contributed by atoms with E-state index in [0.717, 1.165) is 5.69 Å². The topological polar surface area (TPSA) is 102 Å². The van der Waals surface area contributed by atoms with E-state index >= 15 is 0 Å². The average molecular weight is 318 g/mol. The van der Waals surface area contributed by atoms with Crippen molar-refractivity contribution in [3.05, 3.63) is 28.2 Å². The fraction of sp³-hybridized carbons (Fsp3) is 0.364. The first-order valence-electron chi connectivity index (χ1n) is 5.38. The summed E-state index contributed by atoms with van der Waals surface area (Å²) in [4.78, 5) is 1.83. The third kappa shape index (κ3) is 3.59. The van der Waals surface area contributed by atoms with Crippen molar-refractivity contribution in [2.45, 2.75) is 0 Å². The number of halogens is 1. The number of nitrogens with two attached hydrogens (primary N) is 1. The van der Waals surface area contributed by atoms with Crippen LogP contribution in [0.4, 0.5) is 5.69 Å². The van der Waals surface area contributed by atoms with Gasteiger partial charge in [-0.2, -0.15) is 0 Å². The minimum atomic E-state index is -0.000389. The number of anilines is 1. The number of hydrogen-bond acceptors (Lipinski definition) is 5. The molecule has 18 heavy (non-hydrogen) atoms. The highest BCUT2D eigenvalue weighted by molar-refractivity contribution is 9.10. The molecular formula is C11H16BrN3O3. The van der Waals surface area contributed by atoms with Crippen LogP contribution < -0.4 is 10.6 Å². The molecule has 0 saturated carbocycles. The van der Waals surface area contributed by atoms with Crippen molar-refractivity contribution in [2.75, 3.05) is 31.2 Å². The van der Waals surface area contributed by atoms with Crippen molar-refractivity contribution in [3.8, 4) is 0 Å². The van der Waals surface area contributed by atoms with Crippen LogP contribution in [-0.2, 0) is 0 Å². The lowest BCUT2D eigenvalue weighted by Gasteiger charge is -2.23. The lowest BCUT2D eigenvalue weighted by Crippen LogP contribution is -2.29. The van der Waals surface area contributed by atoms with Gasteiger partial charge in [-0.05, 0) is 34.1 Å². The molecule has 0 aromatic heterocycles. The van der Waals surface area contributed by atoms with E-state index < -0.39 is 0 Å². The zero-order chi connectivity index (χ0) is 13.5. The van der Waals surface area contributed by atoms with Crippen molar-refractivity contribution >= 4 is 27.5 Å². The van der Waals surface area contributed by atoms with E-state index in [9.17, 15) is 0 Å². The number of amidine groups is 1. The van der Waals surface area contributed by atoms with Gasteiger partial charge in [-0.25, -0.2) is 0 Å². The van der Waals surface area contributed by atoms with E-state index in [0.29, 0.717) is 23.1 Å². The molecule has 0 aliphatic carbocycles. The summed E-state index contributed by atoms with van der Waals surface area (Å²) in [6, 6.07) is 5.28. The molecule has 0 atom stereocenters. The zero-order valence-electron chi connectivity index (χ0n) is 9.75. The maximum atomic E-state index is 8.97. The zero-order valence-corrected chi connectivity index (χ0v) is 11.3. The van der Waals surface area contributed by atoms with E-state index in [1.54, 1.807) is 18.2 Å². The third-order valence-electron chi connectivity index (χ3n) is 2.44. The Hall–Kier alpha value is -1.31. The Balaban J connectivity index is 3.01. The van der Waals surface area contributed by atoms with Gasteiger partial charge < -0.3 is 26.1 Å². The predicted molar refractivity (Wildman–Crippen MR) is 73.0 cm³/mol. The van der Waals surface area contributed by atoms with E-state index in [1.165, 1.54) is 0 Å². The van der Waals surface area contributed by atoms with Gasteiger partial charge >= 0.3 is 0 Å². The lowest BCUT2D eigenvalue weighted by atomic mass is 10.2. The van der Waals surface area contributed by atoms with Gasteiger partial charge in [0, 0.05) is 28.8 Å². The van der Waals surface area contributed by atoms with Crippen molar-refractivity contribution < 1.29 is 15.4 Å². The second kappa shape index (κ2) is 7.20. The lowest BCUT2D eigenvalue weighted by molar-refractivity contribution is 0.281. The molecule has 0 heterocycles. The molecular weight excluding hydrogens is 302 g/mol. The smallest absolute Gasteiger partial charge is 0.171 e. The quantitative estimate of drug-likeness (QED) is 0.262. The molecule has 0 bridgehead atoms. The summed E-state index contributed by atoms with van der Waals surface area (Å²) in [5.74, 6) is 0.0179. The van der Waals surface area contributed by atoms with Crippen LogP contribution >= 0.6 is 15.9 Å². The molecule has 6 nitrogen and oxygen atoms in total. The molecule has 7 heteroatoms. The molecule has 0 amide bonds. The van der Waals surface area contributed by atoms with Crippen LogP contribution in [0, 0.1) is 0 Å². The summed E-state index contributed by atoms with van der Waals surface area (Å²) in [6.45, 7) is 0.852. The van der Waals surface area contributed by atoms with Gasteiger partial charge in [0.2, 0.25) is 0 Å². The molecule has 100 valence electrons. The first kappa shape index (κ1) is 14.7. The first-order valence-corrected chi connectivity index (χ1v) is 6.17. The number of oxime groups is 1. The molecule has 1 rings (SSSR count). The molecule has 0 saturated heterocycles. The van der Waals surface area contributed by atoms with E-state index in [-0.39, 0.29) is 19.0 Å². The van der Waals surface area contributed by atoms with Crippen LogP contribution in [0.1, 0.15) is 5.56 Å². The molecule has 0 spiro atoms. The SMILES string of the molecule is N/C(=N/O)c1ccc(N(CCO)CCO)cc1Br. The Morgan fingerprint density at radius 3 is 2.33 bits per heavy atom. The van der Waals surface area contributed by atoms with Crippen LogP contribution in [0.3, 0.4) is 0 Å². The highest BCUT2D eigenvalue weighted by Gasteiger charge is 2.10. The van der Waals surface area contributed by atoms with Gasteiger partial charge in [0.05, 0.1) is 13.2 Å². The summed E-state index contributed by atoms with van der Waals surface area (Å²) >= 11 is 3.34. The van der Waals surface area contributed by atoms with Crippen LogP contribution in [0.5, 0.6) is 0 Å².